The maximum atomic E-state index is 6.37. The molecular formula is C26H25NO4. The van der Waals surface area contributed by atoms with Gasteiger partial charge < -0.3 is 24.7 Å². The molecule has 0 aliphatic heterocycles. The lowest BCUT2D eigenvalue weighted by Gasteiger charge is -2.15. The number of fused-ring (bicyclic) bond motifs is 1. The van der Waals surface area contributed by atoms with Crippen molar-refractivity contribution in [3.63, 3.8) is 0 Å². The molecule has 0 fully saturated rings. The SMILES string of the molecule is COc1cc2ccc(-c3cc(OCc4ccccc4)c(OC)cc3N)cc2cc1OC. The molecule has 0 radical (unpaired) electrons. The van der Waals surface area contributed by atoms with Gasteiger partial charge in [-0.1, -0.05) is 42.5 Å². The van der Waals surface area contributed by atoms with Crippen molar-refractivity contribution < 1.29 is 18.9 Å². The summed E-state index contributed by atoms with van der Waals surface area (Å²) in [5, 5.41) is 2.08. The molecule has 4 aromatic carbocycles. The van der Waals surface area contributed by atoms with Crippen LogP contribution in [0.5, 0.6) is 23.0 Å². The zero-order chi connectivity index (χ0) is 21.8. The van der Waals surface area contributed by atoms with Crippen LogP contribution < -0.4 is 24.7 Å². The van der Waals surface area contributed by atoms with E-state index in [4.69, 9.17) is 24.7 Å². The molecule has 2 N–H and O–H groups in total. The summed E-state index contributed by atoms with van der Waals surface area (Å²) in [4.78, 5) is 0. The van der Waals surface area contributed by atoms with E-state index in [0.29, 0.717) is 35.3 Å². The second-order valence-electron chi connectivity index (χ2n) is 7.13. The molecule has 5 nitrogen and oxygen atoms in total. The summed E-state index contributed by atoms with van der Waals surface area (Å²) in [6.45, 7) is 0.440. The average molecular weight is 415 g/mol. The van der Waals surface area contributed by atoms with Crippen molar-refractivity contribution >= 4 is 16.5 Å². The average Bonchev–Trinajstić information content (AvgIpc) is 2.82. The minimum absolute atomic E-state index is 0.440. The first-order valence-electron chi connectivity index (χ1n) is 9.93. The third-order valence-corrected chi connectivity index (χ3v) is 5.23. The second kappa shape index (κ2) is 8.88. The molecule has 0 atom stereocenters. The molecule has 4 aromatic rings. The maximum Gasteiger partial charge on any atom is 0.162 e. The Bertz CT molecular complexity index is 1210. The summed E-state index contributed by atoms with van der Waals surface area (Å²) in [5.74, 6) is 2.62. The summed E-state index contributed by atoms with van der Waals surface area (Å²) < 4.78 is 22.4. The second-order valence-corrected chi connectivity index (χ2v) is 7.13. The van der Waals surface area contributed by atoms with E-state index in [1.807, 2.05) is 60.7 Å². The Morgan fingerprint density at radius 1 is 0.645 bits per heavy atom. The van der Waals surface area contributed by atoms with Gasteiger partial charge in [-0.2, -0.15) is 0 Å². The standard InChI is InChI=1S/C26H25NO4/c1-28-23-12-18-9-10-19(11-20(18)13-24(23)29-2)21-14-26(25(30-3)15-22(21)27)31-16-17-7-5-4-6-8-17/h4-15H,16,27H2,1-3H3. The predicted octanol–water partition coefficient (Wildman–Crippen LogP) is 5.69. The first-order chi connectivity index (χ1) is 15.1. The smallest absolute Gasteiger partial charge is 0.162 e. The largest absolute Gasteiger partial charge is 0.493 e. The number of hydrogen-bond acceptors (Lipinski definition) is 5. The van der Waals surface area contributed by atoms with Crippen molar-refractivity contribution in [3.05, 3.63) is 78.4 Å². The van der Waals surface area contributed by atoms with Crippen LogP contribution in [-0.2, 0) is 6.61 Å². The molecule has 0 aliphatic rings. The minimum Gasteiger partial charge on any atom is -0.493 e. The summed E-state index contributed by atoms with van der Waals surface area (Å²) in [6, 6.07) is 23.8. The Balaban J connectivity index is 1.73. The van der Waals surface area contributed by atoms with E-state index in [-0.39, 0.29) is 0 Å². The first-order valence-corrected chi connectivity index (χ1v) is 9.93. The van der Waals surface area contributed by atoms with Crippen LogP contribution in [0.4, 0.5) is 5.69 Å². The highest BCUT2D eigenvalue weighted by molar-refractivity contribution is 5.92. The van der Waals surface area contributed by atoms with Gasteiger partial charge in [-0.05, 0) is 46.2 Å². The zero-order valence-electron chi connectivity index (χ0n) is 17.8. The van der Waals surface area contributed by atoms with E-state index in [2.05, 4.69) is 6.07 Å². The van der Waals surface area contributed by atoms with Gasteiger partial charge in [-0.25, -0.2) is 0 Å². The van der Waals surface area contributed by atoms with Crippen LogP contribution in [-0.4, -0.2) is 21.3 Å². The van der Waals surface area contributed by atoms with E-state index in [1.165, 1.54) is 0 Å². The molecule has 0 aromatic heterocycles. The number of methoxy groups -OCH3 is 3. The van der Waals surface area contributed by atoms with Crippen molar-refractivity contribution in [1.29, 1.82) is 0 Å². The Kier molecular flexibility index (Phi) is 5.85. The molecule has 0 heterocycles. The fraction of sp³-hybridized carbons (Fsp3) is 0.154. The first kappa shape index (κ1) is 20.4. The Morgan fingerprint density at radius 3 is 1.97 bits per heavy atom. The Labute approximate surface area is 181 Å². The lowest BCUT2D eigenvalue weighted by molar-refractivity contribution is 0.285. The molecule has 158 valence electrons. The number of nitrogen functional groups attached to an aromatic ring is 1. The van der Waals surface area contributed by atoms with Crippen molar-refractivity contribution in [2.75, 3.05) is 27.1 Å². The number of nitrogens with two attached hydrogens (primary N) is 1. The maximum absolute atomic E-state index is 6.37. The van der Waals surface area contributed by atoms with Gasteiger partial charge >= 0.3 is 0 Å². The summed E-state index contributed by atoms with van der Waals surface area (Å²) in [6.07, 6.45) is 0. The van der Waals surface area contributed by atoms with Gasteiger partial charge in [0.1, 0.15) is 6.61 Å². The molecule has 0 unspecified atom stereocenters. The van der Waals surface area contributed by atoms with Crippen LogP contribution in [0.2, 0.25) is 0 Å². The van der Waals surface area contributed by atoms with Gasteiger partial charge in [0.05, 0.1) is 21.3 Å². The van der Waals surface area contributed by atoms with E-state index < -0.39 is 0 Å². The molecule has 0 saturated heterocycles. The third-order valence-electron chi connectivity index (χ3n) is 5.23. The topological polar surface area (TPSA) is 62.9 Å². The molecule has 5 heteroatoms. The number of anilines is 1. The number of benzene rings is 4. The van der Waals surface area contributed by atoms with Crippen LogP contribution in [0.25, 0.3) is 21.9 Å². The molecule has 4 rings (SSSR count). The van der Waals surface area contributed by atoms with Gasteiger partial charge in [0.2, 0.25) is 0 Å². The van der Waals surface area contributed by atoms with Crippen molar-refractivity contribution in [1.82, 2.24) is 0 Å². The van der Waals surface area contributed by atoms with Gasteiger partial charge in [0.25, 0.3) is 0 Å². The molecular weight excluding hydrogens is 390 g/mol. The summed E-state index contributed by atoms with van der Waals surface area (Å²) in [7, 11) is 4.87. The minimum atomic E-state index is 0.440. The molecule has 0 spiro atoms. The summed E-state index contributed by atoms with van der Waals surface area (Å²) >= 11 is 0. The van der Waals surface area contributed by atoms with Crippen LogP contribution in [0, 0.1) is 0 Å². The van der Waals surface area contributed by atoms with Gasteiger partial charge in [-0.15, -0.1) is 0 Å². The van der Waals surface area contributed by atoms with Crippen LogP contribution in [0.3, 0.4) is 0 Å². The molecule has 0 amide bonds. The van der Waals surface area contributed by atoms with Crippen molar-refractivity contribution in [3.8, 4) is 34.1 Å². The van der Waals surface area contributed by atoms with Crippen molar-refractivity contribution in [2.24, 2.45) is 0 Å². The lowest BCUT2D eigenvalue weighted by Crippen LogP contribution is -2.00. The quantitative estimate of drug-likeness (QED) is 0.393. The van der Waals surface area contributed by atoms with E-state index >= 15 is 0 Å². The van der Waals surface area contributed by atoms with E-state index in [1.54, 1.807) is 27.4 Å². The van der Waals surface area contributed by atoms with Gasteiger partial charge in [0.15, 0.2) is 23.0 Å². The van der Waals surface area contributed by atoms with Crippen LogP contribution >= 0.6 is 0 Å². The molecule has 0 aliphatic carbocycles. The number of ether oxygens (including phenoxy) is 4. The molecule has 0 saturated carbocycles. The normalized spacial score (nSPS) is 10.7. The van der Waals surface area contributed by atoms with E-state index in [0.717, 1.165) is 27.5 Å². The fourth-order valence-electron chi connectivity index (χ4n) is 3.58. The highest BCUT2D eigenvalue weighted by Crippen LogP contribution is 2.40. The highest BCUT2D eigenvalue weighted by Gasteiger charge is 2.13. The Hall–Kier alpha value is -3.86. The van der Waals surface area contributed by atoms with Crippen LogP contribution in [0.15, 0.2) is 72.8 Å². The van der Waals surface area contributed by atoms with Gasteiger partial charge in [-0.3, -0.25) is 0 Å². The zero-order valence-corrected chi connectivity index (χ0v) is 17.8. The molecule has 31 heavy (non-hydrogen) atoms. The monoisotopic (exact) mass is 415 g/mol. The number of hydrogen-bond donors (Lipinski definition) is 1. The Morgan fingerprint density at radius 2 is 1.29 bits per heavy atom. The third kappa shape index (κ3) is 4.21. The van der Waals surface area contributed by atoms with Gasteiger partial charge in [0, 0.05) is 17.3 Å². The van der Waals surface area contributed by atoms with Crippen molar-refractivity contribution in [2.45, 2.75) is 6.61 Å². The highest BCUT2D eigenvalue weighted by atomic mass is 16.5. The van der Waals surface area contributed by atoms with Crippen LogP contribution in [0.1, 0.15) is 5.56 Å². The fourth-order valence-corrected chi connectivity index (χ4v) is 3.58. The predicted molar refractivity (Wildman–Crippen MR) is 124 cm³/mol. The lowest BCUT2D eigenvalue weighted by atomic mass is 9.99. The summed E-state index contributed by atoms with van der Waals surface area (Å²) in [5.41, 5.74) is 9.92. The molecule has 0 bridgehead atoms. The van der Waals surface area contributed by atoms with E-state index in [9.17, 15) is 0 Å². The number of rotatable bonds is 7.